The number of hydrogen-bond donors (Lipinski definition) is 1. The van der Waals surface area contributed by atoms with E-state index in [2.05, 4.69) is 12.2 Å². The second kappa shape index (κ2) is 6.84. The first-order chi connectivity index (χ1) is 10.7. The molecule has 1 atom stereocenters. The highest BCUT2D eigenvalue weighted by molar-refractivity contribution is 7.90. The maximum absolute atomic E-state index is 12.3. The van der Waals surface area contributed by atoms with Crippen LogP contribution in [0.15, 0.2) is 35.2 Å². The van der Waals surface area contributed by atoms with Crippen molar-refractivity contribution in [2.75, 3.05) is 6.26 Å². The Bertz CT molecular complexity index is 805. The Labute approximate surface area is 141 Å². The SMILES string of the molecule is CCc1sc(C(=O)N[C@H](C)c2ccc(S(C)(=O)=O)cc2)cc1C. The molecule has 0 saturated heterocycles. The zero-order valence-corrected chi connectivity index (χ0v) is 15.3. The summed E-state index contributed by atoms with van der Waals surface area (Å²) in [4.78, 5) is 14.5. The zero-order valence-electron chi connectivity index (χ0n) is 13.7. The molecule has 0 spiro atoms. The van der Waals surface area contributed by atoms with Crippen molar-refractivity contribution in [3.05, 3.63) is 51.2 Å². The van der Waals surface area contributed by atoms with Crippen LogP contribution >= 0.6 is 11.3 Å². The summed E-state index contributed by atoms with van der Waals surface area (Å²) in [5, 5.41) is 2.96. The van der Waals surface area contributed by atoms with Crippen LogP contribution in [-0.2, 0) is 16.3 Å². The van der Waals surface area contributed by atoms with E-state index in [9.17, 15) is 13.2 Å². The van der Waals surface area contributed by atoms with Crippen molar-refractivity contribution in [2.24, 2.45) is 0 Å². The number of hydrogen-bond acceptors (Lipinski definition) is 4. The molecule has 0 aliphatic heterocycles. The lowest BCUT2D eigenvalue weighted by atomic mass is 10.1. The summed E-state index contributed by atoms with van der Waals surface area (Å²) >= 11 is 1.52. The molecule has 6 heteroatoms. The van der Waals surface area contributed by atoms with Crippen LogP contribution in [-0.4, -0.2) is 20.6 Å². The highest BCUT2D eigenvalue weighted by Gasteiger charge is 2.15. The molecule has 1 N–H and O–H groups in total. The Morgan fingerprint density at radius 3 is 2.35 bits per heavy atom. The van der Waals surface area contributed by atoms with Gasteiger partial charge in [-0.15, -0.1) is 11.3 Å². The van der Waals surface area contributed by atoms with Gasteiger partial charge in [-0.1, -0.05) is 19.1 Å². The number of aryl methyl sites for hydroxylation is 2. The van der Waals surface area contributed by atoms with E-state index in [4.69, 9.17) is 0 Å². The molecule has 1 amide bonds. The summed E-state index contributed by atoms with van der Waals surface area (Å²) in [7, 11) is -3.20. The molecular formula is C17H21NO3S2. The second-order valence-electron chi connectivity index (χ2n) is 5.61. The molecule has 0 fully saturated rings. The molecule has 1 heterocycles. The summed E-state index contributed by atoms with van der Waals surface area (Å²) in [6.45, 7) is 5.97. The molecule has 0 aliphatic carbocycles. The molecule has 0 saturated carbocycles. The van der Waals surface area contributed by atoms with Gasteiger partial charge < -0.3 is 5.32 Å². The Balaban J connectivity index is 2.11. The van der Waals surface area contributed by atoms with E-state index in [1.165, 1.54) is 22.5 Å². The highest BCUT2D eigenvalue weighted by atomic mass is 32.2. The summed E-state index contributed by atoms with van der Waals surface area (Å²) in [6, 6.07) is 8.33. The summed E-state index contributed by atoms with van der Waals surface area (Å²) in [5.74, 6) is -0.0995. The maximum Gasteiger partial charge on any atom is 0.261 e. The van der Waals surface area contributed by atoms with E-state index in [0.29, 0.717) is 4.88 Å². The lowest BCUT2D eigenvalue weighted by molar-refractivity contribution is 0.0944. The quantitative estimate of drug-likeness (QED) is 0.896. The molecule has 2 aromatic rings. The van der Waals surface area contributed by atoms with Crippen molar-refractivity contribution in [1.82, 2.24) is 5.32 Å². The van der Waals surface area contributed by atoms with Crippen LogP contribution in [0, 0.1) is 6.92 Å². The van der Waals surface area contributed by atoms with Gasteiger partial charge in [0.05, 0.1) is 15.8 Å². The fraction of sp³-hybridized carbons (Fsp3) is 0.353. The highest BCUT2D eigenvalue weighted by Crippen LogP contribution is 2.23. The van der Waals surface area contributed by atoms with Crippen LogP contribution in [0.25, 0.3) is 0 Å². The Morgan fingerprint density at radius 1 is 1.26 bits per heavy atom. The number of sulfone groups is 1. The zero-order chi connectivity index (χ0) is 17.2. The number of thiophene rings is 1. The first-order valence-corrected chi connectivity index (χ1v) is 10.1. The van der Waals surface area contributed by atoms with Gasteiger partial charge in [-0.3, -0.25) is 4.79 Å². The molecule has 1 aromatic carbocycles. The van der Waals surface area contributed by atoms with Crippen molar-refractivity contribution < 1.29 is 13.2 Å². The van der Waals surface area contributed by atoms with E-state index in [-0.39, 0.29) is 16.8 Å². The van der Waals surface area contributed by atoms with Crippen LogP contribution in [0.2, 0.25) is 0 Å². The summed E-state index contributed by atoms with van der Waals surface area (Å²) in [6.07, 6.45) is 2.10. The summed E-state index contributed by atoms with van der Waals surface area (Å²) in [5.41, 5.74) is 2.02. The smallest absolute Gasteiger partial charge is 0.261 e. The first-order valence-electron chi connectivity index (χ1n) is 7.42. The number of benzene rings is 1. The van der Waals surface area contributed by atoms with Gasteiger partial charge in [0.15, 0.2) is 9.84 Å². The van der Waals surface area contributed by atoms with Gasteiger partial charge >= 0.3 is 0 Å². The van der Waals surface area contributed by atoms with Crippen LogP contribution < -0.4 is 5.32 Å². The van der Waals surface area contributed by atoms with Crippen molar-refractivity contribution >= 4 is 27.1 Å². The van der Waals surface area contributed by atoms with Crippen molar-refractivity contribution in [3.63, 3.8) is 0 Å². The van der Waals surface area contributed by atoms with Gasteiger partial charge in [0.2, 0.25) is 0 Å². The van der Waals surface area contributed by atoms with Gasteiger partial charge in [0, 0.05) is 11.1 Å². The summed E-state index contributed by atoms with van der Waals surface area (Å²) < 4.78 is 22.9. The molecule has 124 valence electrons. The number of carbonyl (C=O) groups excluding carboxylic acids is 1. The van der Waals surface area contributed by atoms with Gasteiger partial charge in [-0.05, 0) is 49.6 Å². The molecule has 0 bridgehead atoms. The van der Waals surface area contributed by atoms with E-state index in [1.807, 2.05) is 19.9 Å². The van der Waals surface area contributed by atoms with Crippen LogP contribution in [0.1, 0.15) is 45.6 Å². The first kappa shape index (κ1) is 17.7. The molecule has 23 heavy (non-hydrogen) atoms. The largest absolute Gasteiger partial charge is 0.345 e. The van der Waals surface area contributed by atoms with E-state index >= 15 is 0 Å². The van der Waals surface area contributed by atoms with Crippen LogP contribution in [0.3, 0.4) is 0 Å². The monoisotopic (exact) mass is 351 g/mol. The molecule has 4 nitrogen and oxygen atoms in total. The van der Waals surface area contributed by atoms with Gasteiger partial charge in [0.25, 0.3) is 5.91 Å². The third-order valence-electron chi connectivity index (χ3n) is 3.72. The lowest BCUT2D eigenvalue weighted by Gasteiger charge is -2.14. The van der Waals surface area contributed by atoms with E-state index < -0.39 is 9.84 Å². The fourth-order valence-electron chi connectivity index (χ4n) is 2.34. The third-order valence-corrected chi connectivity index (χ3v) is 6.23. The topological polar surface area (TPSA) is 63.2 Å². The van der Waals surface area contributed by atoms with E-state index in [0.717, 1.165) is 17.5 Å². The predicted octanol–water partition coefficient (Wildman–Crippen LogP) is 3.51. The van der Waals surface area contributed by atoms with Gasteiger partial charge in [-0.25, -0.2) is 8.42 Å². The molecule has 0 radical (unpaired) electrons. The van der Waals surface area contributed by atoms with Crippen LogP contribution in [0.4, 0.5) is 0 Å². The van der Waals surface area contributed by atoms with Crippen molar-refractivity contribution in [1.29, 1.82) is 0 Å². The normalized spacial score (nSPS) is 12.9. The van der Waals surface area contributed by atoms with E-state index in [1.54, 1.807) is 24.3 Å². The predicted molar refractivity (Wildman–Crippen MR) is 93.9 cm³/mol. The van der Waals surface area contributed by atoms with Gasteiger partial charge in [0.1, 0.15) is 0 Å². The Kier molecular flexibility index (Phi) is 5.26. The maximum atomic E-state index is 12.3. The minimum atomic E-state index is -3.20. The fourth-order valence-corrected chi connectivity index (χ4v) is 3.99. The molecule has 0 aliphatic rings. The standard InChI is InChI=1S/C17H21NO3S2/c1-5-15-11(2)10-16(22-15)17(19)18-12(3)13-6-8-14(9-7-13)23(4,20)21/h6-10,12H,5H2,1-4H3,(H,18,19)/t12-/m1/s1. The second-order valence-corrected chi connectivity index (χ2v) is 8.76. The molecule has 0 unspecified atom stereocenters. The lowest BCUT2D eigenvalue weighted by Crippen LogP contribution is -2.25. The van der Waals surface area contributed by atoms with Crippen molar-refractivity contribution in [3.8, 4) is 0 Å². The number of nitrogens with one attached hydrogen (secondary N) is 1. The molecule has 1 aromatic heterocycles. The molecular weight excluding hydrogens is 330 g/mol. The average Bonchev–Trinajstić information content (AvgIpc) is 2.87. The van der Waals surface area contributed by atoms with Crippen LogP contribution in [0.5, 0.6) is 0 Å². The number of carbonyl (C=O) groups is 1. The van der Waals surface area contributed by atoms with Crippen molar-refractivity contribution in [2.45, 2.75) is 38.1 Å². The Hall–Kier alpha value is -1.66. The minimum Gasteiger partial charge on any atom is -0.345 e. The minimum absolute atomic E-state index is 0.0995. The number of amides is 1. The Morgan fingerprint density at radius 2 is 1.87 bits per heavy atom. The number of rotatable bonds is 5. The third kappa shape index (κ3) is 4.20. The van der Waals surface area contributed by atoms with Gasteiger partial charge in [-0.2, -0.15) is 0 Å². The average molecular weight is 351 g/mol. The molecule has 2 rings (SSSR count).